The molecule has 2 saturated heterocycles. The van der Waals surface area contributed by atoms with Gasteiger partial charge in [0.05, 0.1) is 48.8 Å². The highest BCUT2D eigenvalue weighted by Gasteiger charge is 2.49. The fourth-order valence-electron chi connectivity index (χ4n) is 8.83. The summed E-state index contributed by atoms with van der Waals surface area (Å²) in [5, 5.41) is 10.5. The number of carbonyl (C=O) groups excluding carboxylic acids is 4. The number of anilines is 2. The van der Waals surface area contributed by atoms with Crippen LogP contribution < -0.4 is 19.3 Å². The summed E-state index contributed by atoms with van der Waals surface area (Å²) in [6.45, 7) is 14.2. The van der Waals surface area contributed by atoms with Crippen molar-refractivity contribution < 1.29 is 62.2 Å². The van der Waals surface area contributed by atoms with Crippen molar-refractivity contribution in [2.24, 2.45) is 0 Å². The van der Waals surface area contributed by atoms with Crippen LogP contribution in [0.1, 0.15) is 91.5 Å². The molecule has 344 valence electrons. The SMILES string of the molecule is C=CCOC(=O)N1c2cc(C)c(OC)cc2C(=O)N2C=C(C)C[C@H]2C1OC1CCCCO1.C=CCOC(=O)N1c2cc(O)c(OC)cc2C(=O)N2C=C(C)C[C@H]2C1OC1CCCCO1. The van der Waals surface area contributed by atoms with E-state index in [1.54, 1.807) is 35.2 Å². The largest absolute Gasteiger partial charge is 0.504 e. The second-order valence-corrected chi connectivity index (χ2v) is 16.4. The Bertz CT molecular complexity index is 2030. The van der Waals surface area contributed by atoms with E-state index in [0.29, 0.717) is 49.5 Å². The molecule has 1 N–H and O–H groups in total. The number of rotatable bonds is 10. The highest BCUT2D eigenvalue weighted by atomic mass is 16.7. The van der Waals surface area contributed by atoms with Crippen molar-refractivity contribution in [3.05, 3.63) is 89.8 Å². The summed E-state index contributed by atoms with van der Waals surface area (Å²) in [7, 11) is 2.95. The number of benzene rings is 2. The summed E-state index contributed by atoms with van der Waals surface area (Å²) in [5.41, 5.74) is 3.98. The predicted molar refractivity (Wildman–Crippen MR) is 234 cm³/mol. The van der Waals surface area contributed by atoms with Gasteiger partial charge in [-0.25, -0.2) is 19.4 Å². The molecule has 0 bridgehead atoms. The van der Waals surface area contributed by atoms with Crippen molar-refractivity contribution in [1.82, 2.24) is 9.80 Å². The van der Waals surface area contributed by atoms with Gasteiger partial charge in [-0.3, -0.25) is 9.59 Å². The maximum Gasteiger partial charge on any atom is 0.416 e. The fourth-order valence-corrected chi connectivity index (χ4v) is 8.83. The first kappa shape index (κ1) is 46.1. The quantitative estimate of drug-likeness (QED) is 0.231. The van der Waals surface area contributed by atoms with E-state index in [4.69, 9.17) is 37.9 Å². The molecular weight excluding hydrogens is 829 g/mol. The average molecular weight is 887 g/mol. The number of ether oxygens (including phenoxy) is 8. The van der Waals surface area contributed by atoms with E-state index in [2.05, 4.69) is 13.2 Å². The fraction of sp³-hybridized carbons (Fsp3) is 0.489. The molecule has 0 aliphatic carbocycles. The van der Waals surface area contributed by atoms with Crippen LogP contribution in [0.5, 0.6) is 17.2 Å². The number of carbonyl (C=O) groups is 4. The zero-order valence-corrected chi connectivity index (χ0v) is 37.1. The standard InChI is InChI=1S/C24H30N2O6.C23H28N2O7/c1-5-9-31-24(28)26-18-12-16(3)20(29-4)13-17(18)22(27)25-14-15(2)11-19(25)23(26)32-21-8-6-7-10-30-21;1-4-8-31-23(28)25-16-12-18(26)19(29-3)11-15(16)21(27)24-13-14(2)10-17(24)22(25)32-20-7-5-6-9-30-20/h5,12-14,19,21,23H,1,6-11H2,2-4H3;4,11-13,17,20,22,26H,1,5-10H2,2-3H3/t19-,21?,23?;17-,20?,22?/m00/s1. The van der Waals surface area contributed by atoms with Crippen LogP contribution in [0, 0.1) is 6.92 Å². The van der Waals surface area contributed by atoms with Gasteiger partial charge in [-0.2, -0.15) is 0 Å². The average Bonchev–Trinajstić information content (AvgIpc) is 3.85. The second-order valence-electron chi connectivity index (χ2n) is 16.4. The lowest BCUT2D eigenvalue weighted by Crippen LogP contribution is -2.53. The number of methoxy groups -OCH3 is 2. The number of amides is 4. The lowest BCUT2D eigenvalue weighted by atomic mass is 10.1. The van der Waals surface area contributed by atoms with Gasteiger partial charge >= 0.3 is 12.2 Å². The van der Waals surface area contributed by atoms with E-state index >= 15 is 0 Å². The van der Waals surface area contributed by atoms with Crippen LogP contribution in [0.15, 0.2) is 73.1 Å². The third-order valence-corrected chi connectivity index (χ3v) is 11.8. The number of hydrogen-bond donors (Lipinski definition) is 1. The van der Waals surface area contributed by atoms with Crippen molar-refractivity contribution in [3.8, 4) is 17.2 Å². The van der Waals surface area contributed by atoms with Crippen LogP contribution in [0.25, 0.3) is 0 Å². The third-order valence-electron chi connectivity index (χ3n) is 11.8. The summed E-state index contributed by atoms with van der Waals surface area (Å²) in [5.74, 6) is -0.0393. The Morgan fingerprint density at radius 3 is 1.58 bits per heavy atom. The van der Waals surface area contributed by atoms with E-state index in [0.717, 1.165) is 48.8 Å². The van der Waals surface area contributed by atoms with Gasteiger partial charge in [0.25, 0.3) is 11.8 Å². The van der Waals surface area contributed by atoms with Crippen molar-refractivity contribution in [1.29, 1.82) is 0 Å². The van der Waals surface area contributed by atoms with E-state index < -0.39 is 49.3 Å². The van der Waals surface area contributed by atoms with Gasteiger partial charge in [-0.1, -0.05) is 36.5 Å². The van der Waals surface area contributed by atoms with Crippen molar-refractivity contribution in [2.45, 2.75) is 109 Å². The third kappa shape index (κ3) is 9.48. The Hall–Kier alpha value is -5.88. The zero-order valence-electron chi connectivity index (χ0n) is 37.1. The molecule has 17 heteroatoms. The van der Waals surface area contributed by atoms with Crippen LogP contribution in [0.4, 0.5) is 21.0 Å². The summed E-state index contributed by atoms with van der Waals surface area (Å²) >= 11 is 0. The van der Waals surface area contributed by atoms with E-state index in [1.807, 2.05) is 27.0 Å². The zero-order chi connectivity index (χ0) is 45.7. The highest BCUT2D eigenvalue weighted by molar-refractivity contribution is 6.07. The van der Waals surface area contributed by atoms with Gasteiger partial charge < -0.3 is 52.8 Å². The van der Waals surface area contributed by atoms with Crippen molar-refractivity contribution >= 4 is 35.4 Å². The van der Waals surface area contributed by atoms with Crippen LogP contribution >= 0.6 is 0 Å². The number of hydrogen-bond acceptors (Lipinski definition) is 13. The molecule has 2 aromatic rings. The van der Waals surface area contributed by atoms with E-state index in [1.165, 1.54) is 41.2 Å². The van der Waals surface area contributed by atoms with Crippen LogP contribution in [0.3, 0.4) is 0 Å². The predicted octanol–water partition coefficient (Wildman–Crippen LogP) is 7.66. The van der Waals surface area contributed by atoms with Crippen LogP contribution in [-0.2, 0) is 28.4 Å². The maximum atomic E-state index is 13.6. The molecule has 0 aromatic heterocycles. The van der Waals surface area contributed by atoms with Gasteiger partial charge in [-0.15, -0.1) is 0 Å². The number of phenolic OH excluding ortho intramolecular Hbond substituents is 1. The first-order chi connectivity index (χ1) is 30.9. The second kappa shape index (κ2) is 20.3. The Labute approximate surface area is 373 Å². The smallest absolute Gasteiger partial charge is 0.416 e. The minimum absolute atomic E-state index is 0.0148. The number of aryl methyl sites for hydroxylation is 1. The summed E-state index contributed by atoms with van der Waals surface area (Å²) in [6, 6.07) is 5.33. The van der Waals surface area contributed by atoms with Crippen molar-refractivity contribution in [2.75, 3.05) is 50.4 Å². The molecule has 2 aromatic carbocycles. The lowest BCUT2D eigenvalue weighted by molar-refractivity contribution is -0.195. The number of phenols is 1. The van der Waals surface area contributed by atoms with Gasteiger partial charge in [0.2, 0.25) is 0 Å². The Morgan fingerprint density at radius 2 is 1.16 bits per heavy atom. The number of aromatic hydroxyl groups is 1. The molecule has 0 spiro atoms. The number of nitrogens with zero attached hydrogens (tertiary/aromatic N) is 4. The normalized spacial score (nSPS) is 24.9. The topological polar surface area (TPSA) is 175 Å². The molecule has 17 nitrogen and oxygen atoms in total. The van der Waals surface area contributed by atoms with Gasteiger partial charge in [-0.05, 0) is 95.9 Å². The summed E-state index contributed by atoms with van der Waals surface area (Å²) in [4.78, 5) is 59.7. The first-order valence-corrected chi connectivity index (χ1v) is 21.7. The van der Waals surface area contributed by atoms with Crippen LogP contribution in [-0.4, -0.2) is 117 Å². The molecule has 6 aliphatic heterocycles. The molecule has 0 radical (unpaired) electrons. The van der Waals surface area contributed by atoms with Gasteiger partial charge in [0.1, 0.15) is 19.0 Å². The van der Waals surface area contributed by atoms with Gasteiger partial charge in [0.15, 0.2) is 36.5 Å². The molecule has 8 rings (SSSR count). The van der Waals surface area contributed by atoms with E-state index in [9.17, 15) is 24.3 Å². The summed E-state index contributed by atoms with van der Waals surface area (Å²) < 4.78 is 45.8. The van der Waals surface area contributed by atoms with Gasteiger partial charge in [0, 0.05) is 31.7 Å². The highest BCUT2D eigenvalue weighted by Crippen LogP contribution is 2.44. The van der Waals surface area contributed by atoms with Crippen LogP contribution in [0.2, 0.25) is 0 Å². The molecule has 4 unspecified atom stereocenters. The maximum absolute atomic E-state index is 13.6. The monoisotopic (exact) mass is 886 g/mol. The summed E-state index contributed by atoms with van der Waals surface area (Å²) in [6.07, 6.45) is 8.98. The minimum Gasteiger partial charge on any atom is -0.504 e. The Balaban J connectivity index is 0.000000191. The molecular formula is C47H58N4O13. The molecule has 6 heterocycles. The Kier molecular flexibility index (Phi) is 14.6. The molecule has 0 saturated carbocycles. The molecule has 6 aliphatic rings. The molecule has 64 heavy (non-hydrogen) atoms. The Morgan fingerprint density at radius 1 is 0.703 bits per heavy atom. The lowest BCUT2D eigenvalue weighted by Gasteiger charge is -2.38. The molecule has 4 amide bonds. The molecule has 2 fully saturated rings. The molecule has 6 atom stereocenters. The number of fused-ring (bicyclic) bond motifs is 4. The first-order valence-electron chi connectivity index (χ1n) is 21.7. The van der Waals surface area contributed by atoms with E-state index in [-0.39, 0.29) is 47.8 Å². The minimum atomic E-state index is -0.887. The van der Waals surface area contributed by atoms with Crippen molar-refractivity contribution in [3.63, 3.8) is 0 Å².